The number of rotatable bonds is 3. The van der Waals surface area contributed by atoms with Gasteiger partial charge in [0.1, 0.15) is 6.54 Å². The predicted octanol–water partition coefficient (Wildman–Crippen LogP) is 4.30. The Bertz CT molecular complexity index is 1130. The van der Waals surface area contributed by atoms with E-state index in [1.807, 2.05) is 12.1 Å². The summed E-state index contributed by atoms with van der Waals surface area (Å²) in [5.74, 6) is -0.847. The van der Waals surface area contributed by atoms with Gasteiger partial charge in [-0.25, -0.2) is 0 Å². The molecule has 0 bridgehead atoms. The Kier molecular flexibility index (Phi) is 5.14. The molecule has 4 rings (SSSR count). The van der Waals surface area contributed by atoms with Crippen LogP contribution in [0.4, 0.5) is 17.1 Å². The van der Waals surface area contributed by atoms with Crippen molar-refractivity contribution in [2.75, 3.05) is 22.1 Å². The summed E-state index contributed by atoms with van der Waals surface area (Å²) in [6.07, 6.45) is 0. The molecule has 1 heterocycles. The third-order valence-electron chi connectivity index (χ3n) is 4.47. The molecule has 1 aliphatic heterocycles. The molecule has 29 heavy (non-hydrogen) atoms. The molecule has 0 aliphatic carbocycles. The molecule has 0 saturated heterocycles. The molecule has 1 aliphatic rings. The quantitative estimate of drug-likeness (QED) is 0.625. The van der Waals surface area contributed by atoms with Crippen LogP contribution in [0.1, 0.15) is 20.7 Å². The van der Waals surface area contributed by atoms with E-state index >= 15 is 0 Å². The number of carbonyl (C=O) groups is 3. The van der Waals surface area contributed by atoms with Crippen LogP contribution in [-0.2, 0) is 4.79 Å². The Hall–Kier alpha value is -3.45. The molecule has 144 valence electrons. The predicted molar refractivity (Wildman–Crippen MR) is 115 cm³/mol. The van der Waals surface area contributed by atoms with Crippen LogP contribution in [0.2, 0.25) is 0 Å². The Balaban J connectivity index is 1.58. The third kappa shape index (κ3) is 4.05. The summed E-state index contributed by atoms with van der Waals surface area (Å²) >= 11 is 3.35. The molecule has 0 radical (unpaired) electrons. The number of hydrogen-bond acceptors (Lipinski definition) is 3. The largest absolute Gasteiger partial charge is 0.323 e. The number of anilines is 3. The van der Waals surface area contributed by atoms with E-state index in [4.69, 9.17) is 0 Å². The molecule has 3 aromatic rings. The zero-order valence-electron chi connectivity index (χ0n) is 15.2. The minimum Gasteiger partial charge on any atom is -0.323 e. The van der Waals surface area contributed by atoms with Gasteiger partial charge in [-0.05, 0) is 48.5 Å². The molecule has 2 N–H and O–H groups in total. The number of nitrogens with zero attached hydrogens (tertiary/aromatic N) is 1. The minimum atomic E-state index is -0.314. The highest BCUT2D eigenvalue weighted by Gasteiger charge is 2.27. The summed E-state index contributed by atoms with van der Waals surface area (Å²) in [7, 11) is 0. The highest BCUT2D eigenvalue weighted by atomic mass is 79.9. The first-order chi connectivity index (χ1) is 14.0. The number of fused-ring (bicyclic) bond motifs is 1. The maximum absolute atomic E-state index is 13.1. The lowest BCUT2D eigenvalue weighted by atomic mass is 10.1. The number of nitrogens with one attached hydrogen (secondary N) is 2. The number of carbonyl (C=O) groups excluding carboxylic acids is 3. The van der Waals surface area contributed by atoms with Gasteiger partial charge >= 0.3 is 0 Å². The molecular weight excluding hydrogens is 434 g/mol. The van der Waals surface area contributed by atoms with Crippen LogP contribution in [-0.4, -0.2) is 24.3 Å². The zero-order chi connectivity index (χ0) is 20.4. The number of benzene rings is 3. The number of para-hydroxylation sites is 2. The normalized spacial score (nSPS) is 12.7. The van der Waals surface area contributed by atoms with E-state index in [0.29, 0.717) is 28.2 Å². The first kappa shape index (κ1) is 18.9. The van der Waals surface area contributed by atoms with Crippen molar-refractivity contribution in [3.63, 3.8) is 0 Å². The van der Waals surface area contributed by atoms with Crippen LogP contribution in [0.25, 0.3) is 0 Å². The van der Waals surface area contributed by atoms with Gasteiger partial charge in [0.2, 0.25) is 5.91 Å². The molecule has 7 heteroatoms. The van der Waals surface area contributed by atoms with Gasteiger partial charge in [-0.3, -0.25) is 19.3 Å². The molecule has 3 aromatic carbocycles. The lowest BCUT2D eigenvalue weighted by Crippen LogP contribution is -2.42. The molecule has 0 atom stereocenters. The fourth-order valence-corrected chi connectivity index (χ4v) is 3.53. The van der Waals surface area contributed by atoms with E-state index in [1.165, 1.54) is 4.90 Å². The minimum absolute atomic E-state index is 0.0650. The van der Waals surface area contributed by atoms with Crippen molar-refractivity contribution in [1.29, 1.82) is 0 Å². The summed E-state index contributed by atoms with van der Waals surface area (Å²) in [6.45, 7) is -0.0650. The average Bonchev–Trinajstić information content (AvgIpc) is 2.72. The number of amides is 3. The van der Waals surface area contributed by atoms with Gasteiger partial charge in [-0.1, -0.05) is 40.2 Å². The maximum atomic E-state index is 13.1. The molecule has 6 nitrogen and oxygen atoms in total. The van der Waals surface area contributed by atoms with Crippen molar-refractivity contribution in [2.45, 2.75) is 0 Å². The smallest absolute Gasteiger partial charge is 0.258 e. The standard InChI is InChI=1S/C22H16BrN3O3/c23-16-7-3-5-14(11-16)21(28)24-17-8-4-6-15(12-17)22(29)26-13-20(27)25-18-9-1-2-10-19(18)26/h1-12H,13H2,(H,24,28)(H,25,27). The number of halogens is 1. The van der Waals surface area contributed by atoms with Gasteiger partial charge in [0, 0.05) is 21.3 Å². The first-order valence-corrected chi connectivity index (χ1v) is 9.68. The molecular formula is C22H16BrN3O3. The topological polar surface area (TPSA) is 78.5 Å². The second kappa shape index (κ2) is 7.89. The van der Waals surface area contributed by atoms with Crippen LogP contribution < -0.4 is 15.5 Å². The molecule has 0 aromatic heterocycles. The van der Waals surface area contributed by atoms with E-state index in [0.717, 1.165) is 4.47 Å². The first-order valence-electron chi connectivity index (χ1n) is 8.89. The van der Waals surface area contributed by atoms with Crippen LogP contribution in [0.15, 0.2) is 77.3 Å². The van der Waals surface area contributed by atoms with Gasteiger partial charge in [-0.15, -0.1) is 0 Å². The lowest BCUT2D eigenvalue weighted by molar-refractivity contribution is -0.115. The second-order valence-corrected chi connectivity index (χ2v) is 7.42. The Morgan fingerprint density at radius 1 is 0.931 bits per heavy atom. The van der Waals surface area contributed by atoms with Crippen molar-refractivity contribution < 1.29 is 14.4 Å². The van der Waals surface area contributed by atoms with Gasteiger partial charge in [0.05, 0.1) is 11.4 Å². The monoisotopic (exact) mass is 449 g/mol. The van der Waals surface area contributed by atoms with Crippen LogP contribution in [0, 0.1) is 0 Å². The summed E-state index contributed by atoms with van der Waals surface area (Å²) in [5.41, 5.74) is 2.60. The van der Waals surface area contributed by atoms with Crippen LogP contribution in [0.5, 0.6) is 0 Å². The zero-order valence-corrected chi connectivity index (χ0v) is 16.8. The van der Waals surface area contributed by atoms with Gasteiger partial charge in [0.15, 0.2) is 0 Å². The Labute approximate surface area is 175 Å². The van der Waals surface area contributed by atoms with Crippen LogP contribution in [0.3, 0.4) is 0 Å². The third-order valence-corrected chi connectivity index (χ3v) is 4.96. The Morgan fingerprint density at radius 2 is 1.69 bits per heavy atom. The van der Waals surface area contributed by atoms with Crippen molar-refractivity contribution >= 4 is 50.7 Å². The fourth-order valence-electron chi connectivity index (χ4n) is 3.13. The van der Waals surface area contributed by atoms with Gasteiger partial charge < -0.3 is 10.6 Å². The SMILES string of the molecule is O=C1CN(C(=O)c2cccc(NC(=O)c3cccc(Br)c3)c2)c2ccccc2N1. The molecule has 0 spiro atoms. The fraction of sp³-hybridized carbons (Fsp3) is 0.0455. The van der Waals surface area contributed by atoms with E-state index in [-0.39, 0.29) is 24.3 Å². The van der Waals surface area contributed by atoms with E-state index in [2.05, 4.69) is 26.6 Å². The second-order valence-electron chi connectivity index (χ2n) is 6.50. The summed E-state index contributed by atoms with van der Waals surface area (Å²) in [5, 5.41) is 5.56. The average molecular weight is 450 g/mol. The van der Waals surface area contributed by atoms with Gasteiger partial charge in [-0.2, -0.15) is 0 Å². The summed E-state index contributed by atoms with van der Waals surface area (Å²) in [6, 6.07) is 20.8. The molecule has 0 unspecified atom stereocenters. The molecule has 0 saturated carbocycles. The van der Waals surface area contributed by atoms with Crippen molar-refractivity contribution in [3.05, 3.63) is 88.4 Å². The highest BCUT2D eigenvalue weighted by molar-refractivity contribution is 9.10. The van der Waals surface area contributed by atoms with Crippen LogP contribution >= 0.6 is 15.9 Å². The maximum Gasteiger partial charge on any atom is 0.258 e. The summed E-state index contributed by atoms with van der Waals surface area (Å²) in [4.78, 5) is 39.0. The molecule has 0 fully saturated rings. The molecule has 3 amide bonds. The number of hydrogen-bond donors (Lipinski definition) is 2. The van der Waals surface area contributed by atoms with Crippen molar-refractivity contribution in [2.24, 2.45) is 0 Å². The van der Waals surface area contributed by atoms with E-state index in [1.54, 1.807) is 60.7 Å². The van der Waals surface area contributed by atoms with Crippen molar-refractivity contribution in [1.82, 2.24) is 0 Å². The van der Waals surface area contributed by atoms with Crippen molar-refractivity contribution in [3.8, 4) is 0 Å². The van der Waals surface area contributed by atoms with Gasteiger partial charge in [0.25, 0.3) is 11.8 Å². The Morgan fingerprint density at radius 3 is 2.52 bits per heavy atom. The van der Waals surface area contributed by atoms with E-state index in [9.17, 15) is 14.4 Å². The summed E-state index contributed by atoms with van der Waals surface area (Å²) < 4.78 is 0.802. The lowest BCUT2D eigenvalue weighted by Gasteiger charge is -2.29. The van der Waals surface area contributed by atoms with E-state index < -0.39 is 0 Å². The highest BCUT2D eigenvalue weighted by Crippen LogP contribution is 2.30.